The van der Waals surface area contributed by atoms with E-state index in [1.807, 2.05) is 6.07 Å². The number of amides is 1. The second kappa shape index (κ2) is 5.78. The highest BCUT2D eigenvalue weighted by molar-refractivity contribution is 6.58. The molecule has 0 N–H and O–H groups in total. The van der Waals surface area contributed by atoms with Crippen LogP contribution >= 0.6 is 34.8 Å². The minimum absolute atomic E-state index is 0.242. The summed E-state index contributed by atoms with van der Waals surface area (Å²) in [6.45, 7) is 1.10. The lowest BCUT2D eigenvalue weighted by Gasteiger charge is -2.34. The van der Waals surface area contributed by atoms with Crippen molar-refractivity contribution < 1.29 is 9.53 Å². The number of rotatable bonds is 3. The van der Waals surface area contributed by atoms with Crippen molar-refractivity contribution in [2.24, 2.45) is 0 Å². The molecule has 0 aliphatic carbocycles. The number of halogens is 3. The van der Waals surface area contributed by atoms with Crippen LogP contribution in [0.25, 0.3) is 0 Å². The second-order valence-electron chi connectivity index (χ2n) is 4.50. The first-order valence-corrected chi connectivity index (χ1v) is 7.07. The van der Waals surface area contributed by atoms with E-state index >= 15 is 0 Å². The molecule has 104 valence electrons. The average molecular weight is 323 g/mol. The number of hydrogen-bond acceptors (Lipinski definition) is 2. The van der Waals surface area contributed by atoms with E-state index in [4.69, 9.17) is 39.5 Å². The number of alkyl halides is 2. The minimum atomic E-state index is -1.30. The quantitative estimate of drug-likeness (QED) is 0.795. The summed E-state index contributed by atoms with van der Waals surface area (Å²) in [6, 6.07) is 5.43. The van der Waals surface area contributed by atoms with Crippen molar-refractivity contribution in [3.63, 3.8) is 0 Å². The summed E-state index contributed by atoms with van der Waals surface area (Å²) in [5.41, 5.74) is 0.921. The van der Waals surface area contributed by atoms with Gasteiger partial charge in [-0.3, -0.25) is 4.79 Å². The molecule has 2 rings (SSSR count). The number of hydrogen-bond donors (Lipinski definition) is 0. The topological polar surface area (TPSA) is 29.5 Å². The molecule has 0 radical (unpaired) electrons. The molecule has 1 aromatic carbocycles. The Morgan fingerprint density at radius 1 is 1.42 bits per heavy atom. The number of nitrogens with zero attached hydrogens (tertiary/aromatic N) is 1. The van der Waals surface area contributed by atoms with E-state index in [0.717, 1.165) is 12.0 Å². The number of carbonyl (C=O) groups is 1. The van der Waals surface area contributed by atoms with Gasteiger partial charge in [-0.05, 0) is 30.5 Å². The van der Waals surface area contributed by atoms with E-state index in [2.05, 4.69) is 0 Å². The van der Waals surface area contributed by atoms with Crippen molar-refractivity contribution in [1.29, 1.82) is 0 Å². The Bertz CT molecular complexity index is 491. The standard InChI is InChI=1S/C13H14Cl3NO2/c1-19-11-4-3-9(7-10(11)14)8-17-6-2-5-13(15,16)12(17)18/h3-4,7H,2,5-6,8H2,1H3. The smallest absolute Gasteiger partial charge is 0.259 e. The molecule has 1 aromatic rings. The summed E-state index contributed by atoms with van der Waals surface area (Å²) in [5, 5.41) is 0.521. The minimum Gasteiger partial charge on any atom is -0.495 e. The molecule has 0 aromatic heterocycles. The predicted octanol–water partition coefficient (Wildman–Crippen LogP) is 3.64. The number of carbonyl (C=O) groups excluding carboxylic acids is 1. The number of piperidine rings is 1. The van der Waals surface area contributed by atoms with Crippen molar-refractivity contribution in [3.8, 4) is 5.75 Å². The summed E-state index contributed by atoms with van der Waals surface area (Å²) in [6.07, 6.45) is 1.29. The fourth-order valence-electron chi connectivity index (χ4n) is 2.11. The van der Waals surface area contributed by atoms with Crippen LogP contribution in [-0.4, -0.2) is 28.8 Å². The molecule has 6 heteroatoms. The van der Waals surface area contributed by atoms with E-state index in [9.17, 15) is 4.79 Å². The second-order valence-corrected chi connectivity index (χ2v) is 6.39. The van der Waals surface area contributed by atoms with Crippen LogP contribution < -0.4 is 4.74 Å². The van der Waals surface area contributed by atoms with Crippen LogP contribution in [-0.2, 0) is 11.3 Å². The lowest BCUT2D eigenvalue weighted by Crippen LogP contribution is -2.46. The highest BCUT2D eigenvalue weighted by Crippen LogP contribution is 2.34. The average Bonchev–Trinajstić information content (AvgIpc) is 2.35. The molecule has 1 amide bonds. The highest BCUT2D eigenvalue weighted by Gasteiger charge is 2.40. The zero-order valence-corrected chi connectivity index (χ0v) is 12.7. The van der Waals surface area contributed by atoms with Crippen LogP contribution in [0.5, 0.6) is 5.75 Å². The van der Waals surface area contributed by atoms with Gasteiger partial charge in [-0.15, -0.1) is 0 Å². The lowest BCUT2D eigenvalue weighted by molar-refractivity contribution is -0.134. The summed E-state index contributed by atoms with van der Waals surface area (Å²) in [5.74, 6) is 0.369. The Morgan fingerprint density at radius 2 is 2.16 bits per heavy atom. The van der Waals surface area contributed by atoms with Crippen molar-refractivity contribution in [1.82, 2.24) is 4.90 Å². The number of methoxy groups -OCH3 is 1. The maximum absolute atomic E-state index is 12.1. The van der Waals surface area contributed by atoms with Gasteiger partial charge < -0.3 is 9.64 Å². The van der Waals surface area contributed by atoms with Crippen LogP contribution in [0, 0.1) is 0 Å². The van der Waals surface area contributed by atoms with Gasteiger partial charge in [0, 0.05) is 13.1 Å². The molecule has 1 heterocycles. The van der Waals surface area contributed by atoms with E-state index < -0.39 is 4.33 Å². The summed E-state index contributed by atoms with van der Waals surface area (Å²) in [4.78, 5) is 13.7. The first kappa shape index (κ1) is 14.8. The Morgan fingerprint density at radius 3 is 2.79 bits per heavy atom. The molecular weight excluding hydrogens is 309 g/mol. The Balaban J connectivity index is 2.13. The zero-order valence-electron chi connectivity index (χ0n) is 10.5. The van der Waals surface area contributed by atoms with Crippen LogP contribution in [0.3, 0.4) is 0 Å². The van der Waals surface area contributed by atoms with Crippen molar-refractivity contribution in [3.05, 3.63) is 28.8 Å². The normalized spacial score (nSPS) is 18.5. The molecule has 1 aliphatic heterocycles. The molecule has 0 atom stereocenters. The third-order valence-electron chi connectivity index (χ3n) is 3.11. The molecule has 0 saturated carbocycles. The van der Waals surface area contributed by atoms with Gasteiger partial charge in [0.05, 0.1) is 12.1 Å². The third kappa shape index (κ3) is 3.28. The Kier molecular flexibility index (Phi) is 4.49. The molecule has 1 saturated heterocycles. The van der Waals surface area contributed by atoms with Crippen molar-refractivity contribution in [2.45, 2.75) is 23.7 Å². The van der Waals surface area contributed by atoms with Crippen LogP contribution in [0.1, 0.15) is 18.4 Å². The van der Waals surface area contributed by atoms with E-state index in [0.29, 0.717) is 30.3 Å². The predicted molar refractivity (Wildman–Crippen MR) is 77.1 cm³/mol. The van der Waals surface area contributed by atoms with Gasteiger partial charge in [-0.25, -0.2) is 0 Å². The van der Waals surface area contributed by atoms with Crippen LogP contribution in [0.4, 0.5) is 0 Å². The molecule has 19 heavy (non-hydrogen) atoms. The van der Waals surface area contributed by atoms with Gasteiger partial charge in [-0.2, -0.15) is 0 Å². The van der Waals surface area contributed by atoms with Crippen molar-refractivity contribution >= 4 is 40.7 Å². The van der Waals surface area contributed by atoms with Gasteiger partial charge in [0.2, 0.25) is 0 Å². The largest absolute Gasteiger partial charge is 0.495 e. The number of ether oxygens (including phenoxy) is 1. The van der Waals surface area contributed by atoms with Gasteiger partial charge >= 0.3 is 0 Å². The van der Waals surface area contributed by atoms with E-state index in [1.165, 1.54) is 0 Å². The monoisotopic (exact) mass is 321 g/mol. The first-order valence-electron chi connectivity index (χ1n) is 5.93. The van der Waals surface area contributed by atoms with Crippen LogP contribution in [0.2, 0.25) is 5.02 Å². The Hall–Kier alpha value is -0.640. The maximum atomic E-state index is 12.1. The summed E-state index contributed by atoms with van der Waals surface area (Å²) >= 11 is 18.0. The van der Waals surface area contributed by atoms with Gasteiger partial charge in [0.25, 0.3) is 5.91 Å². The molecule has 0 spiro atoms. The lowest BCUT2D eigenvalue weighted by atomic mass is 10.1. The number of likely N-dealkylation sites (tertiary alicyclic amines) is 1. The SMILES string of the molecule is COc1ccc(CN2CCCC(Cl)(Cl)C2=O)cc1Cl. The van der Waals surface area contributed by atoms with Gasteiger partial charge in [0.15, 0.2) is 4.33 Å². The molecule has 0 bridgehead atoms. The highest BCUT2D eigenvalue weighted by atomic mass is 35.5. The molecule has 1 fully saturated rings. The number of benzene rings is 1. The van der Waals surface area contributed by atoms with Gasteiger partial charge in [0.1, 0.15) is 5.75 Å². The van der Waals surface area contributed by atoms with Crippen LogP contribution in [0.15, 0.2) is 18.2 Å². The summed E-state index contributed by atoms with van der Waals surface area (Å²) in [7, 11) is 1.56. The molecular formula is C13H14Cl3NO2. The van der Waals surface area contributed by atoms with E-state index in [-0.39, 0.29) is 5.91 Å². The van der Waals surface area contributed by atoms with Gasteiger partial charge in [-0.1, -0.05) is 40.9 Å². The third-order valence-corrected chi connectivity index (χ3v) is 4.11. The maximum Gasteiger partial charge on any atom is 0.259 e. The Labute approximate surface area is 127 Å². The fourth-order valence-corrected chi connectivity index (χ4v) is 2.90. The summed E-state index contributed by atoms with van der Waals surface area (Å²) < 4.78 is 3.79. The molecule has 1 aliphatic rings. The first-order chi connectivity index (χ1) is 8.94. The van der Waals surface area contributed by atoms with E-state index in [1.54, 1.807) is 24.1 Å². The fraction of sp³-hybridized carbons (Fsp3) is 0.462. The zero-order chi connectivity index (χ0) is 14.0. The molecule has 0 unspecified atom stereocenters. The van der Waals surface area contributed by atoms with Crippen molar-refractivity contribution in [2.75, 3.05) is 13.7 Å². The molecule has 3 nitrogen and oxygen atoms in total.